The summed E-state index contributed by atoms with van der Waals surface area (Å²) >= 11 is 0. The molecule has 0 aromatic heterocycles. The van der Waals surface area contributed by atoms with Gasteiger partial charge >= 0.3 is 6.18 Å². The zero-order chi connectivity index (χ0) is 10.5. The fourth-order valence-corrected chi connectivity index (χ4v) is 1.03. The Morgan fingerprint density at radius 2 is 1.77 bits per heavy atom. The minimum Gasteiger partial charge on any atom is -0.298 e. The summed E-state index contributed by atoms with van der Waals surface area (Å²) < 4.78 is 37.0. The first-order chi connectivity index (χ1) is 5.89. The lowest BCUT2D eigenvalue weighted by molar-refractivity contribution is -0.176. The van der Waals surface area contributed by atoms with Gasteiger partial charge in [-0.05, 0) is 26.9 Å². The maximum Gasteiger partial charge on any atom is 0.404 e. The normalized spacial score (nSPS) is 15.6. The van der Waals surface area contributed by atoms with Crippen LogP contribution in [0.25, 0.3) is 0 Å². The molecule has 0 bridgehead atoms. The highest BCUT2D eigenvalue weighted by atomic mass is 19.4. The molecule has 0 aliphatic rings. The average molecular weight is 195 g/mol. The van der Waals surface area contributed by atoms with Gasteiger partial charge in [-0.1, -0.05) is 19.1 Å². The number of allylic oxidation sites excluding steroid dienone is 1. The molecule has 0 fully saturated rings. The van der Waals surface area contributed by atoms with Gasteiger partial charge in [-0.3, -0.25) is 4.90 Å². The van der Waals surface area contributed by atoms with Crippen LogP contribution in [0.15, 0.2) is 12.2 Å². The van der Waals surface area contributed by atoms with Crippen LogP contribution in [0.2, 0.25) is 0 Å². The Morgan fingerprint density at radius 1 is 1.23 bits per heavy atom. The molecule has 0 heterocycles. The summed E-state index contributed by atoms with van der Waals surface area (Å²) in [6, 6.07) is -1.37. The number of nitrogens with zero attached hydrogens (tertiary/aromatic N) is 1. The van der Waals surface area contributed by atoms with E-state index in [9.17, 15) is 13.2 Å². The fourth-order valence-electron chi connectivity index (χ4n) is 1.03. The van der Waals surface area contributed by atoms with Gasteiger partial charge in [0.1, 0.15) is 6.04 Å². The van der Waals surface area contributed by atoms with Gasteiger partial charge in [-0.2, -0.15) is 13.2 Å². The highest BCUT2D eigenvalue weighted by molar-refractivity contribution is 4.88. The van der Waals surface area contributed by atoms with E-state index in [1.165, 1.54) is 19.0 Å². The highest BCUT2D eigenvalue weighted by Gasteiger charge is 2.39. The second-order valence-electron chi connectivity index (χ2n) is 3.14. The number of alkyl halides is 3. The third-order valence-electron chi connectivity index (χ3n) is 1.76. The minimum absolute atomic E-state index is 0.0321. The summed E-state index contributed by atoms with van der Waals surface area (Å²) in [5.41, 5.74) is 0. The molecule has 1 atom stereocenters. The monoisotopic (exact) mass is 195 g/mol. The molecule has 78 valence electrons. The number of hydrogen-bond acceptors (Lipinski definition) is 1. The van der Waals surface area contributed by atoms with Crippen LogP contribution in [0.3, 0.4) is 0 Å². The van der Waals surface area contributed by atoms with Crippen LogP contribution in [0.5, 0.6) is 0 Å². The molecule has 4 heteroatoms. The molecule has 13 heavy (non-hydrogen) atoms. The van der Waals surface area contributed by atoms with Crippen LogP contribution in [-0.4, -0.2) is 31.2 Å². The molecule has 0 spiro atoms. The van der Waals surface area contributed by atoms with Crippen LogP contribution in [0.1, 0.15) is 19.8 Å². The summed E-state index contributed by atoms with van der Waals surface area (Å²) in [4.78, 5) is 1.19. The van der Waals surface area contributed by atoms with Gasteiger partial charge in [0.2, 0.25) is 0 Å². The summed E-state index contributed by atoms with van der Waals surface area (Å²) in [6.07, 6.45) is 0.00429. The molecule has 0 aliphatic carbocycles. The number of hydrogen-bond donors (Lipinski definition) is 0. The SMILES string of the molecule is CC/C=C\CC(N(C)C)C(F)(F)F. The van der Waals surface area contributed by atoms with E-state index in [1.807, 2.05) is 6.92 Å². The van der Waals surface area contributed by atoms with E-state index in [4.69, 9.17) is 0 Å². The van der Waals surface area contributed by atoms with Gasteiger partial charge in [0.05, 0.1) is 0 Å². The Balaban J connectivity index is 4.20. The largest absolute Gasteiger partial charge is 0.404 e. The zero-order valence-electron chi connectivity index (χ0n) is 8.23. The molecule has 1 unspecified atom stereocenters. The first-order valence-corrected chi connectivity index (χ1v) is 4.27. The van der Waals surface area contributed by atoms with Crippen LogP contribution in [-0.2, 0) is 0 Å². The topological polar surface area (TPSA) is 3.24 Å². The van der Waals surface area contributed by atoms with E-state index in [-0.39, 0.29) is 6.42 Å². The third kappa shape index (κ3) is 4.93. The van der Waals surface area contributed by atoms with E-state index in [0.717, 1.165) is 6.42 Å². The van der Waals surface area contributed by atoms with Crippen molar-refractivity contribution >= 4 is 0 Å². The zero-order valence-corrected chi connectivity index (χ0v) is 8.23. The third-order valence-corrected chi connectivity index (χ3v) is 1.76. The quantitative estimate of drug-likeness (QED) is 0.623. The van der Waals surface area contributed by atoms with Crippen LogP contribution in [0.4, 0.5) is 13.2 Å². The lowest BCUT2D eigenvalue weighted by atomic mass is 10.1. The van der Waals surface area contributed by atoms with Crippen molar-refractivity contribution < 1.29 is 13.2 Å². The smallest absolute Gasteiger partial charge is 0.298 e. The van der Waals surface area contributed by atoms with Crippen molar-refractivity contribution in [3.63, 3.8) is 0 Å². The van der Waals surface area contributed by atoms with Gasteiger partial charge < -0.3 is 0 Å². The Kier molecular flexibility index (Phi) is 5.06. The number of halogens is 3. The number of rotatable bonds is 4. The van der Waals surface area contributed by atoms with E-state index >= 15 is 0 Å². The van der Waals surface area contributed by atoms with Crippen molar-refractivity contribution in [3.8, 4) is 0 Å². The molecule has 0 saturated carbocycles. The maximum atomic E-state index is 12.3. The molecule has 0 aliphatic heterocycles. The molecule has 0 amide bonds. The minimum atomic E-state index is -4.14. The Labute approximate surface area is 77.2 Å². The molecular weight excluding hydrogens is 179 g/mol. The first kappa shape index (κ1) is 12.5. The predicted octanol–water partition coefficient (Wildman–Crippen LogP) is 2.84. The second kappa shape index (κ2) is 5.27. The molecule has 0 N–H and O–H groups in total. The molecule has 0 aromatic carbocycles. The molecule has 0 saturated heterocycles. The molecular formula is C9H16F3N. The van der Waals surface area contributed by atoms with Crippen molar-refractivity contribution in [2.45, 2.75) is 32.0 Å². The van der Waals surface area contributed by atoms with E-state index in [0.29, 0.717) is 0 Å². The van der Waals surface area contributed by atoms with Crippen LogP contribution >= 0.6 is 0 Å². The van der Waals surface area contributed by atoms with Crippen molar-refractivity contribution in [3.05, 3.63) is 12.2 Å². The molecule has 0 rings (SSSR count). The Morgan fingerprint density at radius 3 is 2.08 bits per heavy atom. The molecule has 0 radical (unpaired) electrons. The lowest BCUT2D eigenvalue weighted by Crippen LogP contribution is -2.40. The summed E-state index contributed by atoms with van der Waals surface area (Å²) in [6.45, 7) is 1.90. The first-order valence-electron chi connectivity index (χ1n) is 4.27. The summed E-state index contributed by atoms with van der Waals surface area (Å²) in [5, 5.41) is 0. The van der Waals surface area contributed by atoms with Crippen molar-refractivity contribution in [2.24, 2.45) is 0 Å². The van der Waals surface area contributed by atoms with Crippen molar-refractivity contribution in [1.29, 1.82) is 0 Å². The van der Waals surface area contributed by atoms with E-state index in [1.54, 1.807) is 12.2 Å². The predicted molar refractivity (Wildman–Crippen MR) is 47.6 cm³/mol. The van der Waals surface area contributed by atoms with Gasteiger partial charge in [-0.25, -0.2) is 0 Å². The van der Waals surface area contributed by atoms with Gasteiger partial charge in [0.15, 0.2) is 0 Å². The second-order valence-corrected chi connectivity index (χ2v) is 3.14. The van der Waals surface area contributed by atoms with Gasteiger partial charge in [-0.15, -0.1) is 0 Å². The van der Waals surface area contributed by atoms with Crippen molar-refractivity contribution in [2.75, 3.05) is 14.1 Å². The highest BCUT2D eigenvalue weighted by Crippen LogP contribution is 2.25. The van der Waals surface area contributed by atoms with Gasteiger partial charge in [0.25, 0.3) is 0 Å². The van der Waals surface area contributed by atoms with Crippen LogP contribution in [0, 0.1) is 0 Å². The van der Waals surface area contributed by atoms with Crippen LogP contribution < -0.4 is 0 Å². The Bertz CT molecular complexity index is 161. The maximum absolute atomic E-state index is 12.3. The standard InChI is InChI=1S/C9H16F3N/c1-4-5-6-7-8(13(2)3)9(10,11)12/h5-6,8H,4,7H2,1-3H3/b6-5-. The molecule has 1 nitrogen and oxygen atoms in total. The average Bonchev–Trinajstić information content (AvgIpc) is 1.94. The Hall–Kier alpha value is -0.510. The fraction of sp³-hybridized carbons (Fsp3) is 0.778. The summed E-state index contributed by atoms with van der Waals surface area (Å²) in [7, 11) is 2.88. The van der Waals surface area contributed by atoms with E-state index < -0.39 is 12.2 Å². The lowest BCUT2D eigenvalue weighted by Gasteiger charge is -2.25. The van der Waals surface area contributed by atoms with Crippen molar-refractivity contribution in [1.82, 2.24) is 4.90 Å². The van der Waals surface area contributed by atoms with Gasteiger partial charge in [0, 0.05) is 0 Å². The molecule has 0 aromatic rings. The van der Waals surface area contributed by atoms with E-state index in [2.05, 4.69) is 0 Å². The summed E-state index contributed by atoms with van der Waals surface area (Å²) in [5.74, 6) is 0.